The van der Waals surface area contributed by atoms with E-state index < -0.39 is 0 Å². The summed E-state index contributed by atoms with van der Waals surface area (Å²) in [5.41, 5.74) is 2.45. The predicted molar refractivity (Wildman–Crippen MR) is 94.9 cm³/mol. The molecule has 1 aliphatic rings. The molecule has 0 amide bonds. The van der Waals surface area contributed by atoms with Crippen LogP contribution in [0.1, 0.15) is 24.7 Å². The van der Waals surface area contributed by atoms with Crippen molar-refractivity contribution in [3.8, 4) is 11.3 Å². The summed E-state index contributed by atoms with van der Waals surface area (Å²) in [4.78, 5) is 13.4. The maximum Gasteiger partial charge on any atom is 0.148 e. The van der Waals surface area contributed by atoms with Crippen LogP contribution in [0.3, 0.4) is 0 Å². The van der Waals surface area contributed by atoms with E-state index in [1.807, 2.05) is 24.3 Å². The second kappa shape index (κ2) is 6.94. The molecule has 0 bridgehead atoms. The highest BCUT2D eigenvalue weighted by atomic mass is 19.1. The molecule has 0 spiro atoms. The molecule has 3 heterocycles. The summed E-state index contributed by atoms with van der Waals surface area (Å²) in [5, 5.41) is 6.61. The minimum atomic E-state index is -0.286. The summed E-state index contributed by atoms with van der Waals surface area (Å²) in [7, 11) is 0. The molecule has 5 nitrogen and oxygen atoms in total. The van der Waals surface area contributed by atoms with Crippen LogP contribution in [0.25, 0.3) is 11.3 Å². The lowest BCUT2D eigenvalue weighted by molar-refractivity contribution is 0.606. The maximum atomic E-state index is 13.4. The zero-order chi connectivity index (χ0) is 17.1. The van der Waals surface area contributed by atoms with Crippen molar-refractivity contribution in [1.29, 1.82) is 0 Å². The van der Waals surface area contributed by atoms with Crippen molar-refractivity contribution in [3.63, 3.8) is 0 Å². The van der Waals surface area contributed by atoms with Gasteiger partial charge in [0, 0.05) is 29.7 Å². The molecule has 1 aliphatic heterocycles. The monoisotopic (exact) mass is 335 g/mol. The minimum Gasteiger partial charge on any atom is -0.340 e. The van der Waals surface area contributed by atoms with Crippen molar-refractivity contribution in [2.24, 2.45) is 0 Å². The molecule has 25 heavy (non-hydrogen) atoms. The van der Waals surface area contributed by atoms with Gasteiger partial charge in [-0.15, -0.1) is 0 Å². The molecule has 126 valence electrons. The number of benzene rings is 1. The molecule has 2 aromatic heterocycles. The molecule has 1 fully saturated rings. The van der Waals surface area contributed by atoms with Crippen molar-refractivity contribution in [1.82, 2.24) is 20.3 Å². The third-order valence-corrected chi connectivity index (χ3v) is 4.19. The van der Waals surface area contributed by atoms with Crippen molar-refractivity contribution in [2.45, 2.75) is 18.9 Å². The topological polar surface area (TPSA) is 62.7 Å². The van der Waals surface area contributed by atoms with Crippen molar-refractivity contribution in [2.75, 3.05) is 11.9 Å². The van der Waals surface area contributed by atoms with Crippen LogP contribution in [0.5, 0.6) is 0 Å². The summed E-state index contributed by atoms with van der Waals surface area (Å²) >= 11 is 0. The van der Waals surface area contributed by atoms with E-state index in [4.69, 9.17) is 4.98 Å². The highest BCUT2D eigenvalue weighted by Gasteiger charge is 2.20. The number of nitrogens with zero attached hydrogens (tertiary/aromatic N) is 3. The van der Waals surface area contributed by atoms with Crippen molar-refractivity contribution >= 4 is 11.5 Å². The molecular weight excluding hydrogens is 317 g/mol. The van der Waals surface area contributed by atoms with Gasteiger partial charge in [-0.25, -0.2) is 14.4 Å². The molecule has 1 saturated heterocycles. The van der Waals surface area contributed by atoms with Crippen LogP contribution in [-0.2, 0) is 0 Å². The quantitative estimate of drug-likeness (QED) is 0.758. The van der Waals surface area contributed by atoms with Crippen molar-refractivity contribution < 1.29 is 4.39 Å². The summed E-state index contributed by atoms with van der Waals surface area (Å²) in [5.74, 6) is 1.12. The molecule has 1 atom stereocenters. The Morgan fingerprint density at radius 1 is 1.08 bits per heavy atom. The largest absolute Gasteiger partial charge is 0.340 e. The Kier molecular flexibility index (Phi) is 4.35. The number of nitrogens with one attached hydrogen (secondary N) is 2. The minimum absolute atomic E-state index is 0.148. The Labute approximate surface area is 145 Å². The molecule has 1 unspecified atom stereocenters. The molecule has 1 aromatic carbocycles. The average molecular weight is 335 g/mol. The Morgan fingerprint density at radius 3 is 2.72 bits per heavy atom. The highest BCUT2D eigenvalue weighted by Crippen LogP contribution is 2.27. The van der Waals surface area contributed by atoms with E-state index in [1.54, 1.807) is 18.5 Å². The van der Waals surface area contributed by atoms with E-state index in [0.717, 1.165) is 36.5 Å². The fourth-order valence-corrected chi connectivity index (χ4v) is 2.98. The summed E-state index contributed by atoms with van der Waals surface area (Å²) in [6, 6.07) is 12.2. The van der Waals surface area contributed by atoms with E-state index >= 15 is 0 Å². The molecule has 4 rings (SSSR count). The number of hydrogen-bond donors (Lipinski definition) is 2. The SMILES string of the molecule is Fc1cccc(Nc2cc(-c3ccncc3)nc(C3CCCN3)n2)c1. The van der Waals surface area contributed by atoms with E-state index in [-0.39, 0.29) is 11.9 Å². The Hall–Kier alpha value is -2.86. The van der Waals surface area contributed by atoms with Gasteiger partial charge >= 0.3 is 0 Å². The number of rotatable bonds is 4. The number of halogens is 1. The van der Waals surface area contributed by atoms with Gasteiger partial charge in [0.25, 0.3) is 0 Å². The van der Waals surface area contributed by atoms with Crippen LogP contribution in [0.4, 0.5) is 15.9 Å². The van der Waals surface area contributed by atoms with Crippen LogP contribution in [0.15, 0.2) is 54.9 Å². The predicted octanol–water partition coefficient (Wildman–Crippen LogP) is 3.85. The van der Waals surface area contributed by atoms with Gasteiger partial charge in [-0.3, -0.25) is 4.98 Å². The Balaban J connectivity index is 1.73. The third-order valence-electron chi connectivity index (χ3n) is 4.19. The first-order valence-corrected chi connectivity index (χ1v) is 8.33. The Morgan fingerprint density at radius 2 is 1.96 bits per heavy atom. The van der Waals surface area contributed by atoms with Gasteiger partial charge in [-0.2, -0.15) is 0 Å². The summed E-state index contributed by atoms with van der Waals surface area (Å²) < 4.78 is 13.4. The number of aromatic nitrogens is 3. The number of hydrogen-bond acceptors (Lipinski definition) is 5. The van der Waals surface area contributed by atoms with Crippen molar-refractivity contribution in [3.05, 3.63) is 66.5 Å². The van der Waals surface area contributed by atoms with Crippen LogP contribution in [-0.4, -0.2) is 21.5 Å². The molecule has 2 N–H and O–H groups in total. The molecule has 0 saturated carbocycles. The third kappa shape index (κ3) is 3.64. The fraction of sp³-hybridized carbons (Fsp3) is 0.211. The first-order chi connectivity index (χ1) is 12.3. The van der Waals surface area contributed by atoms with Gasteiger partial charge in [0.1, 0.15) is 17.5 Å². The van der Waals surface area contributed by atoms with E-state index in [0.29, 0.717) is 11.5 Å². The van der Waals surface area contributed by atoms with E-state index in [1.165, 1.54) is 12.1 Å². The highest BCUT2D eigenvalue weighted by molar-refractivity contribution is 5.65. The lowest BCUT2D eigenvalue weighted by atomic mass is 10.1. The molecule has 0 radical (unpaired) electrons. The van der Waals surface area contributed by atoms with Gasteiger partial charge in [0.15, 0.2) is 0 Å². The second-order valence-corrected chi connectivity index (χ2v) is 6.02. The van der Waals surface area contributed by atoms with Crippen LogP contribution >= 0.6 is 0 Å². The summed E-state index contributed by atoms with van der Waals surface area (Å²) in [6.07, 6.45) is 5.61. The molecule has 3 aromatic rings. The van der Waals surface area contributed by atoms with Gasteiger partial charge < -0.3 is 10.6 Å². The van der Waals surface area contributed by atoms with E-state index in [9.17, 15) is 4.39 Å². The molecular formula is C19H18FN5. The molecule has 6 heteroatoms. The number of anilines is 2. The van der Waals surface area contributed by atoms with Gasteiger partial charge in [-0.1, -0.05) is 6.07 Å². The maximum absolute atomic E-state index is 13.4. The van der Waals surface area contributed by atoms with Crippen LogP contribution in [0.2, 0.25) is 0 Å². The van der Waals surface area contributed by atoms with E-state index in [2.05, 4.69) is 20.6 Å². The van der Waals surface area contributed by atoms with Gasteiger partial charge in [-0.05, 0) is 49.7 Å². The van der Waals surface area contributed by atoms with Gasteiger partial charge in [0.2, 0.25) is 0 Å². The zero-order valence-electron chi connectivity index (χ0n) is 13.6. The second-order valence-electron chi connectivity index (χ2n) is 6.02. The lowest BCUT2D eigenvalue weighted by Gasteiger charge is -2.14. The average Bonchev–Trinajstić information content (AvgIpc) is 3.17. The summed E-state index contributed by atoms with van der Waals surface area (Å²) in [6.45, 7) is 0.972. The molecule has 0 aliphatic carbocycles. The Bertz CT molecular complexity index is 863. The zero-order valence-corrected chi connectivity index (χ0v) is 13.6. The normalized spacial score (nSPS) is 16.8. The van der Waals surface area contributed by atoms with Crippen LogP contribution in [0, 0.1) is 5.82 Å². The van der Waals surface area contributed by atoms with Gasteiger partial charge in [0.05, 0.1) is 11.7 Å². The lowest BCUT2D eigenvalue weighted by Crippen LogP contribution is -2.16. The fourth-order valence-electron chi connectivity index (χ4n) is 2.98. The van der Waals surface area contributed by atoms with Crippen LogP contribution < -0.4 is 10.6 Å². The first-order valence-electron chi connectivity index (χ1n) is 8.33. The standard InChI is InChI=1S/C19H18FN5/c20-14-3-1-4-15(11-14)23-18-12-17(13-6-9-21-10-7-13)24-19(25-18)16-5-2-8-22-16/h1,3-4,6-7,9-12,16,22H,2,5,8H2,(H,23,24,25). The first kappa shape index (κ1) is 15.7. The smallest absolute Gasteiger partial charge is 0.148 e. The number of pyridine rings is 1.